The van der Waals surface area contributed by atoms with Gasteiger partial charge >= 0.3 is 0 Å². The number of nitrogens with one attached hydrogen (secondary N) is 1. The van der Waals surface area contributed by atoms with Crippen molar-refractivity contribution >= 4 is 26.7 Å². The second-order valence-corrected chi connectivity index (χ2v) is 4.73. The molecule has 5 nitrogen and oxygen atoms in total. The molecule has 0 radical (unpaired) electrons. The van der Waals surface area contributed by atoms with Crippen LogP contribution in [0.2, 0.25) is 0 Å². The second-order valence-electron chi connectivity index (χ2n) is 3.70. The van der Waals surface area contributed by atoms with Crippen molar-refractivity contribution in [3.8, 4) is 0 Å². The Labute approximate surface area is 102 Å². The first-order chi connectivity index (χ1) is 8.33. The van der Waals surface area contributed by atoms with E-state index in [1.165, 1.54) is 4.70 Å². The van der Waals surface area contributed by atoms with E-state index in [-0.39, 0.29) is 0 Å². The van der Waals surface area contributed by atoms with Crippen LogP contribution in [-0.4, -0.2) is 19.7 Å². The van der Waals surface area contributed by atoms with Gasteiger partial charge in [0.1, 0.15) is 6.33 Å². The molecular formula is C11H11N5S. The van der Waals surface area contributed by atoms with Crippen molar-refractivity contribution in [2.45, 2.75) is 6.54 Å². The summed E-state index contributed by atoms with van der Waals surface area (Å²) < 4.78 is 3.08. The van der Waals surface area contributed by atoms with Gasteiger partial charge in [0.2, 0.25) is 0 Å². The first-order valence-electron chi connectivity index (χ1n) is 5.25. The lowest BCUT2D eigenvalue weighted by molar-refractivity contribution is 0.812. The van der Waals surface area contributed by atoms with E-state index in [1.807, 2.05) is 29.8 Å². The summed E-state index contributed by atoms with van der Waals surface area (Å²) in [6, 6.07) is 8.10. The molecule has 0 unspecified atom stereocenters. The van der Waals surface area contributed by atoms with Crippen LogP contribution in [0.5, 0.6) is 0 Å². The van der Waals surface area contributed by atoms with Crippen LogP contribution in [0.4, 0.5) is 5.13 Å². The van der Waals surface area contributed by atoms with Gasteiger partial charge in [0.05, 0.1) is 16.8 Å². The monoisotopic (exact) mass is 245 g/mol. The Kier molecular flexibility index (Phi) is 2.49. The normalized spacial score (nSPS) is 10.9. The number of para-hydroxylation sites is 1. The summed E-state index contributed by atoms with van der Waals surface area (Å²) in [6.45, 7) is 0.635. The van der Waals surface area contributed by atoms with Crippen LogP contribution >= 0.6 is 11.3 Å². The smallest absolute Gasteiger partial charge is 0.184 e. The van der Waals surface area contributed by atoms with Crippen LogP contribution in [0, 0.1) is 0 Å². The number of rotatable bonds is 3. The van der Waals surface area contributed by atoms with Crippen LogP contribution in [0.15, 0.2) is 30.6 Å². The number of anilines is 1. The molecule has 0 bridgehead atoms. The van der Waals surface area contributed by atoms with Crippen LogP contribution in [0.1, 0.15) is 5.82 Å². The highest BCUT2D eigenvalue weighted by Crippen LogP contribution is 2.25. The number of hydrogen-bond acceptors (Lipinski definition) is 5. The molecule has 0 spiro atoms. The zero-order chi connectivity index (χ0) is 11.7. The molecule has 3 rings (SSSR count). The van der Waals surface area contributed by atoms with Gasteiger partial charge in [-0.1, -0.05) is 23.5 Å². The fourth-order valence-electron chi connectivity index (χ4n) is 1.57. The number of benzene rings is 1. The van der Waals surface area contributed by atoms with E-state index < -0.39 is 0 Å². The summed E-state index contributed by atoms with van der Waals surface area (Å²) in [7, 11) is 1.93. The molecule has 0 fully saturated rings. The molecule has 6 heteroatoms. The fraction of sp³-hybridized carbons (Fsp3) is 0.182. The van der Waals surface area contributed by atoms with E-state index in [1.54, 1.807) is 17.7 Å². The Balaban J connectivity index is 1.79. The zero-order valence-electron chi connectivity index (χ0n) is 9.29. The predicted octanol–water partition coefficient (Wildman–Crippen LogP) is 2.04. The van der Waals surface area contributed by atoms with Crippen molar-refractivity contribution in [1.82, 2.24) is 19.7 Å². The van der Waals surface area contributed by atoms with Gasteiger partial charge in [-0.15, -0.1) is 10.2 Å². The lowest BCUT2D eigenvalue weighted by Gasteiger charge is -2.00. The fourth-order valence-corrected chi connectivity index (χ4v) is 2.43. The van der Waals surface area contributed by atoms with Gasteiger partial charge < -0.3 is 9.88 Å². The van der Waals surface area contributed by atoms with E-state index in [4.69, 9.17) is 0 Å². The van der Waals surface area contributed by atoms with E-state index >= 15 is 0 Å². The van der Waals surface area contributed by atoms with Crippen molar-refractivity contribution in [1.29, 1.82) is 0 Å². The van der Waals surface area contributed by atoms with Gasteiger partial charge in [0.25, 0.3) is 0 Å². The molecule has 0 saturated heterocycles. The molecular weight excluding hydrogens is 234 g/mol. The molecule has 0 atom stereocenters. The van der Waals surface area contributed by atoms with Gasteiger partial charge in [0.15, 0.2) is 11.0 Å². The second kappa shape index (κ2) is 4.14. The van der Waals surface area contributed by atoms with Crippen LogP contribution in [0.25, 0.3) is 10.2 Å². The largest absolute Gasteiger partial charge is 0.354 e. The Hall–Kier alpha value is -1.95. The van der Waals surface area contributed by atoms with Gasteiger partial charge in [-0.05, 0) is 12.1 Å². The lowest BCUT2D eigenvalue weighted by Crippen LogP contribution is -2.05. The Morgan fingerprint density at radius 1 is 1.35 bits per heavy atom. The van der Waals surface area contributed by atoms with Gasteiger partial charge in [0, 0.05) is 7.05 Å². The predicted molar refractivity (Wildman–Crippen MR) is 67.9 cm³/mol. The average Bonchev–Trinajstić information content (AvgIpc) is 2.92. The summed E-state index contributed by atoms with van der Waals surface area (Å²) in [5.74, 6) is 0.893. The maximum Gasteiger partial charge on any atom is 0.184 e. The summed E-state index contributed by atoms with van der Waals surface area (Å²) in [5.41, 5.74) is 1.03. The highest BCUT2D eigenvalue weighted by molar-refractivity contribution is 7.22. The van der Waals surface area contributed by atoms with Gasteiger partial charge in [-0.2, -0.15) is 0 Å². The SMILES string of the molecule is Cn1cnnc1CNc1nc2ccccc2s1. The quantitative estimate of drug-likeness (QED) is 0.767. The summed E-state index contributed by atoms with van der Waals surface area (Å²) in [5, 5.41) is 12.0. The van der Waals surface area contributed by atoms with E-state index in [0.29, 0.717) is 6.54 Å². The van der Waals surface area contributed by atoms with Crippen LogP contribution < -0.4 is 5.32 Å². The molecule has 1 aromatic carbocycles. The third-order valence-electron chi connectivity index (χ3n) is 2.50. The minimum absolute atomic E-state index is 0.635. The number of aryl methyl sites for hydroxylation is 1. The van der Waals surface area contributed by atoms with E-state index in [0.717, 1.165) is 16.5 Å². The highest BCUT2D eigenvalue weighted by atomic mass is 32.1. The van der Waals surface area contributed by atoms with Crippen molar-refractivity contribution in [2.24, 2.45) is 7.05 Å². The summed E-state index contributed by atoms with van der Waals surface area (Å²) in [6.07, 6.45) is 1.69. The van der Waals surface area contributed by atoms with Crippen molar-refractivity contribution in [3.05, 3.63) is 36.4 Å². The average molecular weight is 245 g/mol. The van der Waals surface area contributed by atoms with E-state index in [2.05, 4.69) is 26.6 Å². The number of aromatic nitrogens is 4. The Morgan fingerprint density at radius 3 is 3.00 bits per heavy atom. The summed E-state index contributed by atoms with van der Waals surface area (Å²) >= 11 is 1.65. The van der Waals surface area contributed by atoms with Gasteiger partial charge in [-0.25, -0.2) is 4.98 Å². The first-order valence-corrected chi connectivity index (χ1v) is 6.07. The summed E-state index contributed by atoms with van der Waals surface area (Å²) in [4.78, 5) is 4.49. The van der Waals surface area contributed by atoms with Gasteiger partial charge in [-0.3, -0.25) is 0 Å². The third-order valence-corrected chi connectivity index (χ3v) is 3.49. The molecule has 1 N–H and O–H groups in total. The molecule has 86 valence electrons. The molecule has 0 aliphatic rings. The van der Waals surface area contributed by atoms with Crippen molar-refractivity contribution < 1.29 is 0 Å². The Morgan fingerprint density at radius 2 is 2.24 bits per heavy atom. The Bertz CT molecular complexity index is 609. The molecule has 2 heterocycles. The number of hydrogen-bond donors (Lipinski definition) is 1. The molecule has 17 heavy (non-hydrogen) atoms. The molecule has 0 amide bonds. The first kappa shape index (κ1) is 10.2. The van der Waals surface area contributed by atoms with E-state index in [9.17, 15) is 0 Å². The maximum absolute atomic E-state index is 4.49. The standard InChI is InChI=1S/C11H11N5S/c1-16-7-13-15-10(16)6-12-11-14-8-4-2-3-5-9(8)17-11/h2-5,7H,6H2,1H3,(H,12,14). The van der Waals surface area contributed by atoms with Crippen molar-refractivity contribution in [3.63, 3.8) is 0 Å². The molecule has 0 aliphatic heterocycles. The van der Waals surface area contributed by atoms with Crippen LogP contribution in [0.3, 0.4) is 0 Å². The van der Waals surface area contributed by atoms with Crippen LogP contribution in [-0.2, 0) is 13.6 Å². The molecule has 2 aromatic heterocycles. The third kappa shape index (κ3) is 1.99. The molecule has 3 aromatic rings. The topological polar surface area (TPSA) is 55.6 Å². The van der Waals surface area contributed by atoms with Crippen molar-refractivity contribution in [2.75, 3.05) is 5.32 Å². The number of fused-ring (bicyclic) bond motifs is 1. The minimum atomic E-state index is 0.635. The maximum atomic E-state index is 4.49. The number of thiazole rings is 1. The molecule has 0 saturated carbocycles. The minimum Gasteiger partial charge on any atom is -0.354 e. The number of nitrogens with zero attached hydrogens (tertiary/aromatic N) is 4. The molecule has 0 aliphatic carbocycles. The zero-order valence-corrected chi connectivity index (χ0v) is 10.1. The lowest BCUT2D eigenvalue weighted by atomic mass is 10.3. The highest BCUT2D eigenvalue weighted by Gasteiger charge is 2.04.